The van der Waals surface area contributed by atoms with Gasteiger partial charge in [-0.05, 0) is 0 Å². The molecule has 0 aromatic carbocycles. The third kappa shape index (κ3) is 2.97. The van der Waals surface area contributed by atoms with E-state index < -0.39 is 0 Å². The SMILES string of the molecule is COC(=O)CCNC(=O)c1nc(N)cn1C. The number of nitrogens with one attached hydrogen (secondary N) is 1. The van der Waals surface area contributed by atoms with E-state index in [1.165, 1.54) is 17.9 Å². The highest BCUT2D eigenvalue weighted by atomic mass is 16.5. The number of carbonyl (C=O) groups excluding carboxylic acids is 2. The molecule has 7 heteroatoms. The van der Waals surface area contributed by atoms with Gasteiger partial charge in [0.1, 0.15) is 5.82 Å². The van der Waals surface area contributed by atoms with E-state index in [9.17, 15) is 9.59 Å². The first-order chi connectivity index (χ1) is 7.54. The van der Waals surface area contributed by atoms with Crippen LogP contribution in [0.15, 0.2) is 6.20 Å². The lowest BCUT2D eigenvalue weighted by Crippen LogP contribution is -2.28. The number of esters is 1. The molecule has 1 heterocycles. The Hall–Kier alpha value is -2.05. The second kappa shape index (κ2) is 5.15. The summed E-state index contributed by atoms with van der Waals surface area (Å²) in [5.41, 5.74) is 5.43. The smallest absolute Gasteiger partial charge is 0.307 e. The highest BCUT2D eigenvalue weighted by molar-refractivity contribution is 5.91. The van der Waals surface area contributed by atoms with Gasteiger partial charge in [-0.25, -0.2) is 4.98 Å². The van der Waals surface area contributed by atoms with E-state index in [2.05, 4.69) is 15.0 Å². The maximum atomic E-state index is 11.5. The van der Waals surface area contributed by atoms with Crippen LogP contribution in [-0.4, -0.2) is 35.1 Å². The summed E-state index contributed by atoms with van der Waals surface area (Å²) >= 11 is 0. The van der Waals surface area contributed by atoms with Crippen molar-refractivity contribution in [2.24, 2.45) is 7.05 Å². The van der Waals surface area contributed by atoms with Crippen molar-refractivity contribution in [3.63, 3.8) is 0 Å². The van der Waals surface area contributed by atoms with E-state index >= 15 is 0 Å². The van der Waals surface area contributed by atoms with Crippen LogP contribution in [-0.2, 0) is 16.6 Å². The van der Waals surface area contributed by atoms with Gasteiger partial charge in [0.2, 0.25) is 5.82 Å². The zero-order valence-electron chi connectivity index (χ0n) is 9.19. The zero-order valence-corrected chi connectivity index (χ0v) is 9.19. The van der Waals surface area contributed by atoms with Gasteiger partial charge >= 0.3 is 5.97 Å². The van der Waals surface area contributed by atoms with Crippen molar-refractivity contribution in [3.8, 4) is 0 Å². The molecule has 0 unspecified atom stereocenters. The van der Waals surface area contributed by atoms with Crippen LogP contribution in [0.5, 0.6) is 0 Å². The largest absolute Gasteiger partial charge is 0.469 e. The number of amides is 1. The average molecular weight is 226 g/mol. The number of nitrogens with two attached hydrogens (primary N) is 1. The van der Waals surface area contributed by atoms with Crippen molar-refractivity contribution in [3.05, 3.63) is 12.0 Å². The van der Waals surface area contributed by atoms with E-state index in [0.29, 0.717) is 0 Å². The summed E-state index contributed by atoms with van der Waals surface area (Å²) in [5, 5.41) is 2.54. The lowest BCUT2D eigenvalue weighted by molar-refractivity contribution is -0.140. The summed E-state index contributed by atoms with van der Waals surface area (Å²) in [6.07, 6.45) is 1.66. The number of ether oxygens (including phenoxy) is 1. The van der Waals surface area contributed by atoms with Crippen LogP contribution in [0.2, 0.25) is 0 Å². The molecule has 0 spiro atoms. The van der Waals surface area contributed by atoms with Gasteiger partial charge in [-0.3, -0.25) is 9.59 Å². The van der Waals surface area contributed by atoms with Crippen LogP contribution in [0.25, 0.3) is 0 Å². The number of carbonyl (C=O) groups is 2. The first kappa shape index (κ1) is 12.0. The van der Waals surface area contributed by atoms with Crippen molar-refractivity contribution >= 4 is 17.7 Å². The highest BCUT2D eigenvalue weighted by Crippen LogP contribution is 2.01. The summed E-state index contributed by atoms with van der Waals surface area (Å²) in [6, 6.07) is 0. The lowest BCUT2D eigenvalue weighted by atomic mass is 10.4. The third-order valence-corrected chi connectivity index (χ3v) is 1.94. The molecule has 0 bridgehead atoms. The third-order valence-electron chi connectivity index (χ3n) is 1.94. The van der Waals surface area contributed by atoms with Crippen molar-refractivity contribution in [1.29, 1.82) is 0 Å². The van der Waals surface area contributed by atoms with Gasteiger partial charge < -0.3 is 20.4 Å². The van der Waals surface area contributed by atoms with Gasteiger partial charge in [-0.2, -0.15) is 0 Å². The van der Waals surface area contributed by atoms with E-state index in [0.717, 1.165) is 0 Å². The minimum absolute atomic E-state index is 0.127. The summed E-state index contributed by atoms with van der Waals surface area (Å²) in [5.74, 6) is -0.259. The summed E-state index contributed by atoms with van der Waals surface area (Å²) in [4.78, 5) is 26.2. The highest BCUT2D eigenvalue weighted by Gasteiger charge is 2.12. The Morgan fingerprint density at radius 2 is 2.31 bits per heavy atom. The lowest BCUT2D eigenvalue weighted by Gasteiger charge is -2.03. The van der Waals surface area contributed by atoms with Gasteiger partial charge in [-0.1, -0.05) is 0 Å². The monoisotopic (exact) mass is 226 g/mol. The molecule has 16 heavy (non-hydrogen) atoms. The topological polar surface area (TPSA) is 99.2 Å². The molecule has 1 rings (SSSR count). The van der Waals surface area contributed by atoms with E-state index in [-0.39, 0.29) is 36.5 Å². The predicted octanol–water partition coefficient (Wildman–Crippen LogP) is -0.705. The normalized spacial score (nSPS) is 9.88. The first-order valence-corrected chi connectivity index (χ1v) is 4.68. The number of rotatable bonds is 4. The predicted molar refractivity (Wildman–Crippen MR) is 56.6 cm³/mol. The van der Waals surface area contributed by atoms with Crippen molar-refractivity contribution in [1.82, 2.24) is 14.9 Å². The number of nitrogen functional groups attached to an aromatic ring is 1. The minimum atomic E-state index is -0.375. The van der Waals surface area contributed by atoms with Gasteiger partial charge in [0.15, 0.2) is 0 Å². The Bertz CT molecular complexity index is 399. The molecule has 3 N–H and O–H groups in total. The van der Waals surface area contributed by atoms with Crippen molar-refractivity contribution in [2.75, 3.05) is 19.4 Å². The molecule has 88 valence electrons. The number of aromatic nitrogens is 2. The Morgan fingerprint density at radius 1 is 1.62 bits per heavy atom. The van der Waals surface area contributed by atoms with Crippen LogP contribution in [0.1, 0.15) is 17.0 Å². The fourth-order valence-electron chi connectivity index (χ4n) is 1.16. The molecule has 0 fully saturated rings. The number of imidazole rings is 1. The second-order valence-corrected chi connectivity index (χ2v) is 3.18. The number of hydrogen-bond donors (Lipinski definition) is 2. The molecule has 1 amide bonds. The van der Waals surface area contributed by atoms with Gasteiger partial charge in [-0.15, -0.1) is 0 Å². The molecule has 0 saturated heterocycles. The Kier molecular flexibility index (Phi) is 3.87. The molecule has 0 saturated carbocycles. The van der Waals surface area contributed by atoms with Gasteiger partial charge in [0.25, 0.3) is 5.91 Å². The molecule has 1 aromatic rings. The van der Waals surface area contributed by atoms with Gasteiger partial charge in [0, 0.05) is 19.8 Å². The quantitative estimate of drug-likeness (QED) is 0.661. The summed E-state index contributed by atoms with van der Waals surface area (Å²) < 4.78 is 5.95. The second-order valence-electron chi connectivity index (χ2n) is 3.18. The fraction of sp³-hybridized carbons (Fsp3) is 0.444. The number of hydrogen-bond acceptors (Lipinski definition) is 5. The Balaban J connectivity index is 2.47. The number of aryl methyl sites for hydroxylation is 1. The number of anilines is 1. The summed E-state index contributed by atoms with van der Waals surface area (Å²) in [7, 11) is 2.96. The molecule has 0 radical (unpaired) electrons. The van der Waals surface area contributed by atoms with Crippen molar-refractivity contribution in [2.45, 2.75) is 6.42 Å². The zero-order chi connectivity index (χ0) is 12.1. The molecular weight excluding hydrogens is 212 g/mol. The molecule has 0 aliphatic carbocycles. The van der Waals surface area contributed by atoms with Crippen LogP contribution in [0, 0.1) is 0 Å². The molecular formula is C9H14N4O3. The number of methoxy groups -OCH3 is 1. The van der Waals surface area contributed by atoms with Crippen molar-refractivity contribution < 1.29 is 14.3 Å². The fourth-order valence-corrected chi connectivity index (χ4v) is 1.16. The summed E-state index contributed by atoms with van der Waals surface area (Å²) in [6.45, 7) is 0.207. The van der Waals surface area contributed by atoms with E-state index in [4.69, 9.17) is 5.73 Å². The molecule has 0 aliphatic rings. The minimum Gasteiger partial charge on any atom is -0.469 e. The van der Waals surface area contributed by atoms with Crippen LogP contribution in [0.3, 0.4) is 0 Å². The number of nitrogens with zero attached hydrogens (tertiary/aromatic N) is 2. The Labute approximate surface area is 92.6 Å². The van der Waals surface area contributed by atoms with Gasteiger partial charge in [0.05, 0.1) is 13.5 Å². The van der Waals surface area contributed by atoms with E-state index in [1.807, 2.05) is 0 Å². The first-order valence-electron chi connectivity index (χ1n) is 4.68. The van der Waals surface area contributed by atoms with E-state index in [1.54, 1.807) is 7.05 Å². The maximum Gasteiger partial charge on any atom is 0.307 e. The molecule has 1 aromatic heterocycles. The van der Waals surface area contributed by atoms with Crippen LogP contribution in [0.4, 0.5) is 5.82 Å². The average Bonchev–Trinajstić information content (AvgIpc) is 2.57. The molecule has 0 atom stereocenters. The molecule has 0 aliphatic heterocycles. The molecule has 7 nitrogen and oxygen atoms in total. The maximum absolute atomic E-state index is 11.5. The Morgan fingerprint density at radius 3 is 2.81 bits per heavy atom. The van der Waals surface area contributed by atoms with Crippen LogP contribution >= 0.6 is 0 Å². The standard InChI is InChI=1S/C9H14N4O3/c1-13-5-6(10)12-8(13)9(15)11-4-3-7(14)16-2/h5H,3-4,10H2,1-2H3,(H,11,15). The van der Waals surface area contributed by atoms with Crippen LogP contribution < -0.4 is 11.1 Å².